The van der Waals surface area contributed by atoms with Crippen molar-refractivity contribution in [3.8, 4) is 17.3 Å². The summed E-state index contributed by atoms with van der Waals surface area (Å²) < 4.78 is 1.77. The molecular weight excluding hydrogens is 416 g/mol. The predicted octanol–water partition coefficient (Wildman–Crippen LogP) is 0.457. The van der Waals surface area contributed by atoms with E-state index in [-0.39, 0.29) is 11.9 Å². The number of carbonyl (C=O) groups excluding carboxylic acids is 1. The monoisotopic (exact) mass is 440 g/mol. The fourth-order valence-corrected chi connectivity index (χ4v) is 3.83. The van der Waals surface area contributed by atoms with Crippen molar-refractivity contribution in [3.63, 3.8) is 0 Å². The second kappa shape index (κ2) is 9.94. The number of hydrazine groups is 1. The van der Waals surface area contributed by atoms with Gasteiger partial charge >= 0.3 is 0 Å². The van der Waals surface area contributed by atoms with E-state index in [2.05, 4.69) is 31.5 Å². The third-order valence-corrected chi connectivity index (χ3v) is 5.62. The van der Waals surface area contributed by atoms with Crippen molar-refractivity contribution in [2.75, 3.05) is 39.3 Å². The van der Waals surface area contributed by atoms with E-state index in [4.69, 9.17) is 16.9 Å². The lowest BCUT2D eigenvalue weighted by molar-refractivity contribution is -0.122. The fraction of sp³-hybridized carbons (Fsp3) is 0.381. The molecule has 1 aromatic heterocycles. The summed E-state index contributed by atoms with van der Waals surface area (Å²) in [6.45, 7) is 5.84. The highest BCUT2D eigenvalue weighted by Gasteiger charge is 2.23. The molecule has 0 spiro atoms. The Morgan fingerprint density at radius 3 is 2.94 bits per heavy atom. The van der Waals surface area contributed by atoms with Gasteiger partial charge in [-0.2, -0.15) is 10.4 Å². The van der Waals surface area contributed by atoms with Gasteiger partial charge in [-0.05, 0) is 24.3 Å². The number of halogens is 1. The van der Waals surface area contributed by atoms with Crippen LogP contribution in [0.25, 0.3) is 11.3 Å². The second-order valence-electron chi connectivity index (χ2n) is 7.53. The van der Waals surface area contributed by atoms with Crippen LogP contribution >= 0.6 is 11.6 Å². The Kier molecular flexibility index (Phi) is 6.84. The number of amides is 1. The van der Waals surface area contributed by atoms with Gasteiger partial charge in [0.1, 0.15) is 12.1 Å². The second-order valence-corrected chi connectivity index (χ2v) is 7.93. The molecule has 162 valence electrons. The summed E-state index contributed by atoms with van der Waals surface area (Å²) in [4.78, 5) is 14.8. The molecule has 1 amide bonds. The summed E-state index contributed by atoms with van der Waals surface area (Å²) >= 11 is 6.11. The quantitative estimate of drug-likeness (QED) is 0.495. The van der Waals surface area contributed by atoms with Crippen molar-refractivity contribution in [2.45, 2.75) is 12.6 Å². The van der Waals surface area contributed by atoms with Crippen molar-refractivity contribution < 1.29 is 4.79 Å². The smallest absolute Gasteiger partial charge is 0.243 e. The number of benzene rings is 1. The summed E-state index contributed by atoms with van der Waals surface area (Å²) in [5.41, 5.74) is 9.22. The molecule has 1 atom stereocenters. The molecule has 2 aromatic rings. The Bertz CT molecular complexity index is 1010. The molecule has 1 aromatic carbocycles. The standard InChI is InChI=1S/C21H25ClN8O/c22-18-11-15(1-2-16(18)13-23)19-3-7-30(28-19)10-6-25-21(31)20-12-17(26-27-20)14-29-8-4-24-5-9-29/h1-3,7,11-12,20,24,26-27H,4-6,8-10,14H2,(H,25,31). The number of aromatic nitrogens is 2. The van der Waals surface area contributed by atoms with Crippen LogP contribution < -0.4 is 21.5 Å². The van der Waals surface area contributed by atoms with Crippen LogP contribution in [0.1, 0.15) is 5.56 Å². The van der Waals surface area contributed by atoms with Crippen LogP contribution in [-0.4, -0.2) is 65.9 Å². The average molecular weight is 441 g/mol. The molecule has 4 rings (SSSR count). The third kappa shape index (κ3) is 5.42. The number of rotatable bonds is 7. The zero-order valence-corrected chi connectivity index (χ0v) is 17.8. The largest absolute Gasteiger partial charge is 0.353 e. The van der Waals surface area contributed by atoms with Gasteiger partial charge in [0.2, 0.25) is 5.91 Å². The normalized spacial score (nSPS) is 18.8. The molecule has 0 saturated carbocycles. The summed E-state index contributed by atoms with van der Waals surface area (Å²) in [6.07, 6.45) is 3.80. The highest BCUT2D eigenvalue weighted by Crippen LogP contribution is 2.24. The maximum Gasteiger partial charge on any atom is 0.243 e. The van der Waals surface area contributed by atoms with Crippen LogP contribution in [0.15, 0.2) is 42.2 Å². The highest BCUT2D eigenvalue weighted by molar-refractivity contribution is 6.32. The maximum atomic E-state index is 12.4. The predicted molar refractivity (Wildman–Crippen MR) is 118 cm³/mol. The SMILES string of the molecule is N#Cc1ccc(-c2ccn(CCNC(=O)C3C=C(CN4CCNCC4)NN3)n2)cc1Cl. The minimum Gasteiger partial charge on any atom is -0.353 e. The first-order valence-electron chi connectivity index (χ1n) is 10.3. The average Bonchev–Trinajstić information content (AvgIpc) is 3.44. The maximum absolute atomic E-state index is 12.4. The van der Waals surface area contributed by atoms with Gasteiger partial charge in [0.05, 0.1) is 22.8 Å². The molecule has 3 heterocycles. The number of piperazine rings is 1. The van der Waals surface area contributed by atoms with Crippen molar-refractivity contribution in [1.82, 2.24) is 36.2 Å². The molecule has 4 N–H and O–H groups in total. The van der Waals surface area contributed by atoms with Crippen LogP contribution in [0.3, 0.4) is 0 Å². The first-order valence-corrected chi connectivity index (χ1v) is 10.7. The summed E-state index contributed by atoms with van der Waals surface area (Å²) in [6, 6.07) is 8.79. The molecule has 9 nitrogen and oxygen atoms in total. The fourth-order valence-electron chi connectivity index (χ4n) is 3.61. The summed E-state index contributed by atoms with van der Waals surface area (Å²) in [5, 5.41) is 20.2. The van der Waals surface area contributed by atoms with Crippen LogP contribution in [-0.2, 0) is 11.3 Å². The number of hydrogen-bond donors (Lipinski definition) is 4. The van der Waals surface area contributed by atoms with E-state index >= 15 is 0 Å². The lowest BCUT2D eigenvalue weighted by Crippen LogP contribution is -2.46. The Balaban J connectivity index is 1.25. The Morgan fingerprint density at radius 2 is 2.16 bits per heavy atom. The van der Waals surface area contributed by atoms with E-state index in [9.17, 15) is 4.79 Å². The number of nitriles is 1. The minimum absolute atomic E-state index is 0.0749. The Labute approximate surface area is 186 Å². The van der Waals surface area contributed by atoms with Crippen LogP contribution in [0.4, 0.5) is 0 Å². The van der Waals surface area contributed by atoms with Gasteiger partial charge in [0.25, 0.3) is 0 Å². The molecule has 1 fully saturated rings. The van der Waals surface area contributed by atoms with Gasteiger partial charge in [-0.1, -0.05) is 17.7 Å². The molecule has 2 aliphatic rings. The van der Waals surface area contributed by atoms with Crippen molar-refractivity contribution in [1.29, 1.82) is 5.26 Å². The van der Waals surface area contributed by atoms with Gasteiger partial charge in [-0.3, -0.25) is 14.4 Å². The Hall–Kier alpha value is -2.90. The van der Waals surface area contributed by atoms with Crippen molar-refractivity contribution in [2.24, 2.45) is 0 Å². The van der Waals surface area contributed by atoms with Gasteiger partial charge in [0.15, 0.2) is 0 Å². The molecular formula is C21H25ClN8O. The number of nitrogens with one attached hydrogen (secondary N) is 4. The zero-order chi connectivity index (χ0) is 21.6. The molecule has 1 unspecified atom stereocenters. The lowest BCUT2D eigenvalue weighted by atomic mass is 10.1. The topological polar surface area (TPSA) is 110 Å². The third-order valence-electron chi connectivity index (χ3n) is 5.31. The first-order chi connectivity index (χ1) is 15.1. The van der Waals surface area contributed by atoms with E-state index in [1.54, 1.807) is 16.8 Å². The number of hydrogen-bond acceptors (Lipinski definition) is 7. The molecule has 0 bridgehead atoms. The van der Waals surface area contributed by atoms with Gasteiger partial charge < -0.3 is 16.1 Å². The first kappa shape index (κ1) is 21.3. The number of carbonyl (C=O) groups is 1. The van der Waals surface area contributed by atoms with E-state index in [1.807, 2.05) is 30.5 Å². The molecule has 0 aliphatic carbocycles. The lowest BCUT2D eigenvalue weighted by Gasteiger charge is -2.27. The van der Waals surface area contributed by atoms with Crippen LogP contribution in [0, 0.1) is 11.3 Å². The van der Waals surface area contributed by atoms with Crippen LogP contribution in [0.2, 0.25) is 5.02 Å². The minimum atomic E-state index is -0.383. The van der Waals surface area contributed by atoms with Crippen LogP contribution in [0.5, 0.6) is 0 Å². The van der Waals surface area contributed by atoms with Crippen molar-refractivity contribution in [3.05, 3.63) is 52.8 Å². The highest BCUT2D eigenvalue weighted by atomic mass is 35.5. The van der Waals surface area contributed by atoms with Gasteiger partial charge in [-0.15, -0.1) is 0 Å². The summed E-state index contributed by atoms with van der Waals surface area (Å²) in [5.74, 6) is -0.0749. The molecule has 31 heavy (non-hydrogen) atoms. The van der Waals surface area contributed by atoms with E-state index in [1.165, 1.54) is 0 Å². The zero-order valence-electron chi connectivity index (χ0n) is 17.1. The van der Waals surface area contributed by atoms with Crippen molar-refractivity contribution >= 4 is 17.5 Å². The Morgan fingerprint density at radius 1 is 1.32 bits per heavy atom. The molecule has 10 heteroatoms. The number of nitrogens with zero attached hydrogens (tertiary/aromatic N) is 4. The van der Waals surface area contributed by atoms with Gasteiger partial charge in [0, 0.05) is 56.7 Å². The molecule has 1 saturated heterocycles. The summed E-state index contributed by atoms with van der Waals surface area (Å²) in [7, 11) is 0. The van der Waals surface area contributed by atoms with E-state index in [0.717, 1.165) is 49.7 Å². The van der Waals surface area contributed by atoms with Gasteiger partial charge in [-0.25, -0.2) is 5.43 Å². The van der Waals surface area contributed by atoms with E-state index in [0.29, 0.717) is 23.7 Å². The molecule has 2 aliphatic heterocycles. The molecule has 0 radical (unpaired) electrons. The van der Waals surface area contributed by atoms with E-state index < -0.39 is 0 Å².